The van der Waals surface area contributed by atoms with Crippen LogP contribution in [0.15, 0.2) is 24.3 Å². The van der Waals surface area contributed by atoms with Gasteiger partial charge in [-0.25, -0.2) is 0 Å². The summed E-state index contributed by atoms with van der Waals surface area (Å²) in [6.45, 7) is 4.41. The van der Waals surface area contributed by atoms with Gasteiger partial charge in [0.05, 0.1) is 5.75 Å². The van der Waals surface area contributed by atoms with Gasteiger partial charge in [-0.2, -0.15) is 0 Å². The SMILES string of the molecule is CCCCOCCCN1C(=O)CSC1c1ccccc1Cl. The number of halogens is 1. The molecule has 0 aromatic heterocycles. The fraction of sp³-hybridized carbons (Fsp3) is 0.562. The number of thioether (sulfide) groups is 1. The van der Waals surface area contributed by atoms with Gasteiger partial charge in [0.15, 0.2) is 0 Å². The third-order valence-corrected chi connectivity index (χ3v) is 5.05. The van der Waals surface area contributed by atoms with E-state index >= 15 is 0 Å². The topological polar surface area (TPSA) is 29.5 Å². The average molecular weight is 328 g/mol. The van der Waals surface area contributed by atoms with Crippen molar-refractivity contribution < 1.29 is 9.53 Å². The minimum atomic E-state index is 0.0434. The zero-order valence-corrected chi connectivity index (χ0v) is 14.0. The fourth-order valence-corrected chi connectivity index (χ4v) is 3.87. The Balaban J connectivity index is 1.87. The van der Waals surface area contributed by atoms with Gasteiger partial charge in [-0.1, -0.05) is 43.1 Å². The zero-order chi connectivity index (χ0) is 15.1. The van der Waals surface area contributed by atoms with Crippen molar-refractivity contribution in [1.82, 2.24) is 4.90 Å². The molecule has 1 atom stereocenters. The van der Waals surface area contributed by atoms with Crippen molar-refractivity contribution in [3.8, 4) is 0 Å². The molecule has 0 N–H and O–H groups in total. The van der Waals surface area contributed by atoms with E-state index in [9.17, 15) is 4.79 Å². The molecule has 1 aliphatic rings. The van der Waals surface area contributed by atoms with Crippen molar-refractivity contribution in [3.05, 3.63) is 34.9 Å². The van der Waals surface area contributed by atoms with Crippen LogP contribution in [-0.2, 0) is 9.53 Å². The first kappa shape index (κ1) is 16.7. The summed E-state index contributed by atoms with van der Waals surface area (Å²) in [5.74, 6) is 0.727. The van der Waals surface area contributed by atoms with E-state index in [4.69, 9.17) is 16.3 Å². The molecule has 1 aromatic rings. The average Bonchev–Trinajstić information content (AvgIpc) is 2.84. The second kappa shape index (κ2) is 8.66. The maximum Gasteiger partial charge on any atom is 0.233 e. The molecule has 0 aliphatic carbocycles. The molecule has 1 amide bonds. The molecular formula is C16H22ClNO2S. The Morgan fingerprint density at radius 1 is 1.33 bits per heavy atom. The van der Waals surface area contributed by atoms with Crippen LogP contribution in [0, 0.1) is 0 Å². The maximum absolute atomic E-state index is 12.1. The summed E-state index contributed by atoms with van der Waals surface area (Å²) in [7, 11) is 0. The molecule has 3 nitrogen and oxygen atoms in total. The summed E-state index contributed by atoms with van der Waals surface area (Å²) in [4.78, 5) is 14.0. The van der Waals surface area contributed by atoms with E-state index in [1.54, 1.807) is 11.8 Å². The molecule has 5 heteroatoms. The van der Waals surface area contributed by atoms with Gasteiger partial charge in [0.1, 0.15) is 5.37 Å². The Morgan fingerprint density at radius 2 is 2.10 bits per heavy atom. The molecule has 0 spiro atoms. The van der Waals surface area contributed by atoms with E-state index in [0.717, 1.165) is 43.0 Å². The van der Waals surface area contributed by atoms with Crippen molar-refractivity contribution in [2.24, 2.45) is 0 Å². The molecule has 1 heterocycles. The fourth-order valence-electron chi connectivity index (χ4n) is 2.31. The molecule has 0 bridgehead atoms. The summed E-state index contributed by atoms with van der Waals surface area (Å²) in [6.07, 6.45) is 3.12. The Labute approximate surface area is 136 Å². The first-order chi connectivity index (χ1) is 10.2. The highest BCUT2D eigenvalue weighted by molar-refractivity contribution is 8.00. The Bertz CT molecular complexity index is 469. The molecule has 1 aromatic carbocycles. The molecule has 0 radical (unpaired) electrons. The number of ether oxygens (including phenoxy) is 1. The van der Waals surface area contributed by atoms with Gasteiger partial charge in [-0.3, -0.25) is 4.79 Å². The zero-order valence-electron chi connectivity index (χ0n) is 12.4. The minimum Gasteiger partial charge on any atom is -0.381 e. The van der Waals surface area contributed by atoms with Gasteiger partial charge < -0.3 is 9.64 Å². The second-order valence-corrected chi connectivity index (χ2v) is 6.57. The van der Waals surface area contributed by atoms with E-state index in [0.29, 0.717) is 12.4 Å². The van der Waals surface area contributed by atoms with E-state index in [1.807, 2.05) is 29.2 Å². The quantitative estimate of drug-likeness (QED) is 0.673. The van der Waals surface area contributed by atoms with Crippen LogP contribution >= 0.6 is 23.4 Å². The van der Waals surface area contributed by atoms with Crippen molar-refractivity contribution in [2.45, 2.75) is 31.6 Å². The lowest BCUT2D eigenvalue weighted by molar-refractivity contribution is -0.128. The molecule has 1 unspecified atom stereocenters. The van der Waals surface area contributed by atoms with E-state index in [1.165, 1.54) is 0 Å². The van der Waals surface area contributed by atoms with Crippen LogP contribution in [0.4, 0.5) is 0 Å². The molecule has 0 saturated carbocycles. The molecule has 1 fully saturated rings. The molecule has 116 valence electrons. The lowest BCUT2D eigenvalue weighted by Gasteiger charge is -2.24. The number of benzene rings is 1. The first-order valence-corrected chi connectivity index (χ1v) is 8.90. The highest BCUT2D eigenvalue weighted by Crippen LogP contribution is 2.41. The predicted octanol–water partition coefficient (Wildman–Crippen LogP) is 4.12. The minimum absolute atomic E-state index is 0.0434. The second-order valence-electron chi connectivity index (χ2n) is 5.09. The predicted molar refractivity (Wildman–Crippen MR) is 88.7 cm³/mol. The molecular weight excluding hydrogens is 306 g/mol. The monoisotopic (exact) mass is 327 g/mol. The van der Waals surface area contributed by atoms with E-state index < -0.39 is 0 Å². The van der Waals surface area contributed by atoms with Gasteiger partial charge in [0, 0.05) is 30.3 Å². The van der Waals surface area contributed by atoms with Crippen LogP contribution in [0.1, 0.15) is 37.1 Å². The van der Waals surface area contributed by atoms with Gasteiger partial charge >= 0.3 is 0 Å². The summed E-state index contributed by atoms with van der Waals surface area (Å²) in [5.41, 5.74) is 1.03. The summed E-state index contributed by atoms with van der Waals surface area (Å²) < 4.78 is 5.56. The van der Waals surface area contributed by atoms with Crippen LogP contribution in [0.25, 0.3) is 0 Å². The van der Waals surface area contributed by atoms with Crippen molar-refractivity contribution in [3.63, 3.8) is 0 Å². The number of unbranched alkanes of at least 4 members (excludes halogenated alkanes) is 1. The number of carbonyl (C=O) groups excluding carboxylic acids is 1. The first-order valence-electron chi connectivity index (χ1n) is 7.47. The Kier molecular flexibility index (Phi) is 6.87. The summed E-state index contributed by atoms with van der Waals surface area (Å²) >= 11 is 7.91. The largest absolute Gasteiger partial charge is 0.381 e. The highest BCUT2D eigenvalue weighted by atomic mass is 35.5. The summed E-state index contributed by atoms with van der Waals surface area (Å²) in [5, 5.41) is 0.774. The third-order valence-electron chi connectivity index (χ3n) is 3.47. The third kappa shape index (κ3) is 4.63. The number of rotatable bonds is 8. The molecule has 1 aliphatic heterocycles. The van der Waals surface area contributed by atoms with E-state index in [-0.39, 0.29) is 11.3 Å². The van der Waals surface area contributed by atoms with Crippen LogP contribution in [0.5, 0.6) is 0 Å². The van der Waals surface area contributed by atoms with E-state index in [2.05, 4.69) is 6.92 Å². The maximum atomic E-state index is 12.1. The van der Waals surface area contributed by atoms with Crippen LogP contribution in [0.3, 0.4) is 0 Å². The van der Waals surface area contributed by atoms with Gasteiger partial charge in [-0.15, -0.1) is 11.8 Å². The van der Waals surface area contributed by atoms with Gasteiger partial charge in [0.2, 0.25) is 5.91 Å². The smallest absolute Gasteiger partial charge is 0.233 e. The molecule has 1 saturated heterocycles. The molecule has 2 rings (SSSR count). The van der Waals surface area contributed by atoms with Gasteiger partial charge in [0.25, 0.3) is 0 Å². The number of hydrogen-bond acceptors (Lipinski definition) is 3. The van der Waals surface area contributed by atoms with Crippen molar-refractivity contribution >= 4 is 29.3 Å². The lowest BCUT2D eigenvalue weighted by Crippen LogP contribution is -2.30. The molecule has 21 heavy (non-hydrogen) atoms. The number of carbonyl (C=O) groups is 1. The van der Waals surface area contributed by atoms with Crippen LogP contribution in [0.2, 0.25) is 5.02 Å². The Hall–Kier alpha value is -0.710. The van der Waals surface area contributed by atoms with Crippen LogP contribution < -0.4 is 0 Å². The number of amides is 1. The van der Waals surface area contributed by atoms with Crippen LogP contribution in [-0.4, -0.2) is 36.3 Å². The lowest BCUT2D eigenvalue weighted by atomic mass is 10.2. The highest BCUT2D eigenvalue weighted by Gasteiger charge is 2.33. The van der Waals surface area contributed by atoms with Gasteiger partial charge in [-0.05, 0) is 18.9 Å². The standard InChI is InChI=1S/C16H22ClNO2S/c1-2-3-10-20-11-6-9-18-15(19)12-21-16(18)13-7-4-5-8-14(13)17/h4-5,7-8,16H,2-3,6,9-12H2,1H3. The van der Waals surface area contributed by atoms with Crippen molar-refractivity contribution in [1.29, 1.82) is 0 Å². The number of nitrogens with zero attached hydrogens (tertiary/aromatic N) is 1. The van der Waals surface area contributed by atoms with Crippen molar-refractivity contribution in [2.75, 3.05) is 25.5 Å². The Morgan fingerprint density at radius 3 is 2.86 bits per heavy atom. The summed E-state index contributed by atoms with van der Waals surface area (Å²) in [6, 6.07) is 7.77. The normalized spacial score (nSPS) is 18.5. The number of hydrogen-bond donors (Lipinski definition) is 0.